The number of fused-ring (bicyclic) bond motifs is 1. The zero-order chi connectivity index (χ0) is 15.1. The number of benzene rings is 1. The van der Waals surface area contributed by atoms with Crippen LogP contribution >= 0.6 is 11.3 Å². The Kier molecular flexibility index (Phi) is 3.37. The molecule has 110 valence electrons. The Balaban J connectivity index is 1.90. The number of hydrogen-bond acceptors (Lipinski definition) is 4. The molecule has 1 aliphatic heterocycles. The summed E-state index contributed by atoms with van der Waals surface area (Å²) in [6.45, 7) is 4.05. The molecule has 0 unspecified atom stereocenters. The lowest BCUT2D eigenvalue weighted by atomic mass is 10.1. The molecule has 0 saturated heterocycles. The van der Waals surface area contributed by atoms with Gasteiger partial charge in [-0.1, -0.05) is 12.1 Å². The molecule has 0 radical (unpaired) electrons. The van der Waals surface area contributed by atoms with Crippen LogP contribution in [0, 0.1) is 13.8 Å². The average molecular weight is 301 g/mol. The highest BCUT2D eigenvalue weighted by atomic mass is 32.1. The van der Waals surface area contributed by atoms with Crippen LogP contribution in [-0.2, 0) is 0 Å². The van der Waals surface area contributed by atoms with E-state index in [2.05, 4.69) is 27.7 Å². The maximum Gasteiger partial charge on any atom is 0.256 e. The van der Waals surface area contributed by atoms with Gasteiger partial charge in [-0.2, -0.15) is 0 Å². The monoisotopic (exact) mass is 301 g/mol. The highest BCUT2D eigenvalue weighted by Crippen LogP contribution is 2.37. The molecule has 0 spiro atoms. The molecule has 0 saturated carbocycles. The van der Waals surface area contributed by atoms with Gasteiger partial charge in [-0.3, -0.25) is 4.79 Å². The van der Waals surface area contributed by atoms with E-state index in [9.17, 15) is 4.79 Å². The van der Waals surface area contributed by atoms with Crippen molar-refractivity contribution in [3.63, 3.8) is 0 Å². The maximum absolute atomic E-state index is 12.3. The minimum absolute atomic E-state index is 0.00675. The third-order valence-corrected chi connectivity index (χ3v) is 5.04. The molecule has 1 amide bonds. The molecule has 4 nitrogen and oxygen atoms in total. The molecule has 2 N–H and O–H groups in total. The van der Waals surface area contributed by atoms with Crippen molar-refractivity contribution in [2.75, 3.05) is 24.3 Å². The SMILES string of the molecule is Cc1sc2c(c1C)C(=O)N[C@H](c1ccc(N(C)C)cc1)N2. The first kappa shape index (κ1) is 13.9. The Morgan fingerprint density at radius 3 is 2.38 bits per heavy atom. The van der Waals surface area contributed by atoms with Crippen LogP contribution in [0.5, 0.6) is 0 Å². The van der Waals surface area contributed by atoms with Crippen LogP contribution in [0.25, 0.3) is 0 Å². The molecule has 1 aromatic carbocycles. The summed E-state index contributed by atoms with van der Waals surface area (Å²) in [5.74, 6) is 0.00675. The summed E-state index contributed by atoms with van der Waals surface area (Å²) in [6.07, 6.45) is -0.168. The van der Waals surface area contributed by atoms with E-state index in [1.54, 1.807) is 11.3 Å². The lowest BCUT2D eigenvalue weighted by Crippen LogP contribution is -2.38. The maximum atomic E-state index is 12.3. The van der Waals surface area contributed by atoms with Gasteiger partial charge in [-0.15, -0.1) is 11.3 Å². The fraction of sp³-hybridized carbons (Fsp3) is 0.312. The summed E-state index contributed by atoms with van der Waals surface area (Å²) in [5, 5.41) is 7.43. The lowest BCUT2D eigenvalue weighted by molar-refractivity contribution is 0.0936. The summed E-state index contributed by atoms with van der Waals surface area (Å²) in [4.78, 5) is 15.6. The van der Waals surface area contributed by atoms with Crippen LogP contribution < -0.4 is 15.5 Å². The number of hydrogen-bond donors (Lipinski definition) is 2. The average Bonchev–Trinajstić information content (AvgIpc) is 2.74. The van der Waals surface area contributed by atoms with Gasteiger partial charge < -0.3 is 15.5 Å². The number of nitrogens with zero attached hydrogens (tertiary/aromatic N) is 1. The number of carbonyl (C=O) groups is 1. The van der Waals surface area contributed by atoms with Gasteiger partial charge in [0.2, 0.25) is 0 Å². The van der Waals surface area contributed by atoms with Crippen LogP contribution in [0.3, 0.4) is 0 Å². The van der Waals surface area contributed by atoms with Crippen molar-refractivity contribution in [1.29, 1.82) is 0 Å². The summed E-state index contributed by atoms with van der Waals surface area (Å²) in [6, 6.07) is 8.21. The van der Waals surface area contributed by atoms with Gasteiger partial charge in [0.15, 0.2) is 0 Å². The summed E-state index contributed by atoms with van der Waals surface area (Å²) in [5.41, 5.74) is 4.06. The standard InChI is InChI=1S/C16H19N3OS/c1-9-10(2)21-16-13(9)15(20)17-14(18-16)11-5-7-12(8-6-11)19(3)4/h5-8,14,18H,1-4H3,(H,17,20)/t14-/m0/s1. The quantitative estimate of drug-likeness (QED) is 0.894. The van der Waals surface area contributed by atoms with Crippen LogP contribution in [0.1, 0.15) is 32.5 Å². The van der Waals surface area contributed by atoms with E-state index >= 15 is 0 Å². The number of anilines is 2. The van der Waals surface area contributed by atoms with Crippen molar-refractivity contribution in [3.8, 4) is 0 Å². The van der Waals surface area contributed by atoms with E-state index in [0.29, 0.717) is 0 Å². The van der Waals surface area contributed by atoms with E-state index in [4.69, 9.17) is 0 Å². The van der Waals surface area contributed by atoms with Gasteiger partial charge in [0.05, 0.1) is 5.56 Å². The van der Waals surface area contributed by atoms with Crippen molar-refractivity contribution in [2.24, 2.45) is 0 Å². The number of nitrogens with one attached hydrogen (secondary N) is 2. The normalized spacial score (nSPS) is 17.0. The first-order valence-electron chi connectivity index (χ1n) is 6.92. The number of rotatable bonds is 2. The van der Waals surface area contributed by atoms with Gasteiger partial charge in [0, 0.05) is 24.7 Å². The topological polar surface area (TPSA) is 44.4 Å². The molecule has 3 rings (SSSR count). The second-order valence-electron chi connectivity index (χ2n) is 5.52. The van der Waals surface area contributed by atoms with Crippen LogP contribution in [0.15, 0.2) is 24.3 Å². The zero-order valence-electron chi connectivity index (χ0n) is 12.7. The number of aryl methyl sites for hydroxylation is 1. The lowest BCUT2D eigenvalue weighted by Gasteiger charge is -2.26. The molecule has 5 heteroatoms. The molecular formula is C16H19N3OS. The highest BCUT2D eigenvalue weighted by Gasteiger charge is 2.28. The number of carbonyl (C=O) groups excluding carboxylic acids is 1. The van der Waals surface area contributed by atoms with E-state index < -0.39 is 0 Å². The van der Waals surface area contributed by atoms with Crippen molar-refractivity contribution >= 4 is 27.9 Å². The third-order valence-electron chi connectivity index (χ3n) is 3.91. The molecule has 1 aliphatic rings. The third kappa shape index (κ3) is 2.38. The summed E-state index contributed by atoms with van der Waals surface area (Å²) in [7, 11) is 4.03. The van der Waals surface area contributed by atoms with E-state index in [1.807, 2.05) is 40.1 Å². The Hall–Kier alpha value is -2.01. The highest BCUT2D eigenvalue weighted by molar-refractivity contribution is 7.16. The number of amides is 1. The Labute approximate surface area is 128 Å². The van der Waals surface area contributed by atoms with Gasteiger partial charge in [-0.25, -0.2) is 0 Å². The Bertz CT molecular complexity index is 688. The second-order valence-corrected chi connectivity index (χ2v) is 6.75. The largest absolute Gasteiger partial charge is 0.378 e. The zero-order valence-corrected chi connectivity index (χ0v) is 13.5. The molecule has 0 bridgehead atoms. The predicted molar refractivity (Wildman–Crippen MR) is 88.4 cm³/mol. The van der Waals surface area contributed by atoms with E-state index in [-0.39, 0.29) is 12.1 Å². The number of thiophene rings is 1. The molecule has 2 aromatic rings. The minimum atomic E-state index is -0.168. The Morgan fingerprint density at radius 1 is 1.10 bits per heavy atom. The first-order valence-corrected chi connectivity index (χ1v) is 7.73. The van der Waals surface area contributed by atoms with Crippen LogP contribution in [0.2, 0.25) is 0 Å². The van der Waals surface area contributed by atoms with E-state index in [1.165, 1.54) is 4.88 Å². The van der Waals surface area contributed by atoms with Crippen molar-refractivity contribution < 1.29 is 4.79 Å². The van der Waals surface area contributed by atoms with Crippen LogP contribution in [0.4, 0.5) is 10.7 Å². The van der Waals surface area contributed by atoms with E-state index in [0.717, 1.165) is 27.4 Å². The van der Waals surface area contributed by atoms with Crippen LogP contribution in [-0.4, -0.2) is 20.0 Å². The predicted octanol–water partition coefficient (Wildman–Crippen LogP) is 3.29. The molecular weight excluding hydrogens is 282 g/mol. The first-order chi connectivity index (χ1) is 9.97. The van der Waals surface area contributed by atoms with Gasteiger partial charge in [0.25, 0.3) is 5.91 Å². The molecule has 1 atom stereocenters. The summed E-state index contributed by atoms with van der Waals surface area (Å²) >= 11 is 1.65. The van der Waals surface area contributed by atoms with Gasteiger partial charge in [0.1, 0.15) is 11.2 Å². The minimum Gasteiger partial charge on any atom is -0.378 e. The molecule has 0 aliphatic carbocycles. The smallest absolute Gasteiger partial charge is 0.256 e. The van der Waals surface area contributed by atoms with Crippen molar-refractivity contribution in [3.05, 3.63) is 45.8 Å². The molecule has 2 heterocycles. The molecule has 21 heavy (non-hydrogen) atoms. The van der Waals surface area contributed by atoms with Crippen molar-refractivity contribution in [1.82, 2.24) is 5.32 Å². The van der Waals surface area contributed by atoms with Crippen molar-refractivity contribution in [2.45, 2.75) is 20.0 Å². The summed E-state index contributed by atoms with van der Waals surface area (Å²) < 4.78 is 0. The fourth-order valence-corrected chi connectivity index (χ4v) is 3.59. The second kappa shape index (κ2) is 5.07. The molecule has 1 aromatic heterocycles. The van der Waals surface area contributed by atoms with Gasteiger partial charge >= 0.3 is 0 Å². The molecule has 0 fully saturated rings. The van der Waals surface area contributed by atoms with Gasteiger partial charge in [-0.05, 0) is 37.1 Å². The fourth-order valence-electron chi connectivity index (χ4n) is 2.50. The Morgan fingerprint density at radius 2 is 1.76 bits per heavy atom.